The molecule has 4 bridgehead atoms. The Morgan fingerprint density at radius 2 is 2.00 bits per heavy atom. The molecule has 3 saturated carbocycles. The Morgan fingerprint density at radius 3 is 2.80 bits per heavy atom. The van der Waals surface area contributed by atoms with Gasteiger partial charge in [0.1, 0.15) is 0 Å². The van der Waals surface area contributed by atoms with E-state index in [4.69, 9.17) is 4.74 Å². The van der Waals surface area contributed by atoms with Crippen molar-refractivity contribution in [2.75, 3.05) is 18.4 Å². The Labute approximate surface area is 203 Å². The van der Waals surface area contributed by atoms with E-state index in [9.17, 15) is 14.7 Å². The van der Waals surface area contributed by atoms with Gasteiger partial charge in [-0.3, -0.25) is 9.69 Å². The molecule has 3 N–H and O–H groups in total. The Bertz CT molecular complexity index is 1280. The zero-order valence-electron chi connectivity index (χ0n) is 19.5. The lowest BCUT2D eigenvalue weighted by Crippen LogP contribution is -2.77. The van der Waals surface area contributed by atoms with E-state index in [0.29, 0.717) is 24.5 Å². The number of rotatable bonds is 4. The van der Waals surface area contributed by atoms with Crippen molar-refractivity contribution in [3.63, 3.8) is 0 Å². The first-order valence-corrected chi connectivity index (χ1v) is 13.0. The number of ether oxygens (including phenoxy) is 1. The summed E-state index contributed by atoms with van der Waals surface area (Å²) in [6, 6.07) is 13.1. The number of carbonyl (C=O) groups is 2. The molecule has 2 aromatic rings. The Balaban J connectivity index is 1.30. The average Bonchev–Trinajstić information content (AvgIpc) is 3.42. The van der Waals surface area contributed by atoms with Gasteiger partial charge in [-0.25, -0.2) is 4.79 Å². The number of phenolic OH excluding ortho intramolecular Hbond substituents is 1. The van der Waals surface area contributed by atoms with Crippen molar-refractivity contribution in [1.82, 2.24) is 10.2 Å². The number of amides is 2. The minimum atomic E-state index is -0.656. The lowest BCUT2D eigenvalue weighted by Gasteiger charge is -2.58. The Kier molecular flexibility index (Phi) is 3.79. The molecule has 1 saturated heterocycles. The van der Waals surface area contributed by atoms with Crippen LogP contribution >= 0.6 is 0 Å². The van der Waals surface area contributed by atoms with Crippen molar-refractivity contribution >= 4 is 17.5 Å². The van der Waals surface area contributed by atoms with Crippen molar-refractivity contribution in [3.05, 3.63) is 53.6 Å². The third-order valence-electron chi connectivity index (χ3n) is 9.93. The van der Waals surface area contributed by atoms with Crippen LogP contribution in [-0.4, -0.2) is 52.6 Å². The predicted molar refractivity (Wildman–Crippen MR) is 129 cm³/mol. The number of nitrogens with one attached hydrogen (secondary N) is 2. The maximum absolute atomic E-state index is 13.6. The summed E-state index contributed by atoms with van der Waals surface area (Å²) in [5, 5.41) is 17.3. The molecular weight excluding hydrogens is 442 g/mol. The number of phenols is 1. The van der Waals surface area contributed by atoms with Gasteiger partial charge in [0.2, 0.25) is 0 Å². The number of likely N-dealkylation sites (tertiary alicyclic amines) is 1. The zero-order valence-corrected chi connectivity index (χ0v) is 19.5. The summed E-state index contributed by atoms with van der Waals surface area (Å²) in [6.45, 7) is 1.99. The highest BCUT2D eigenvalue weighted by Crippen LogP contribution is 2.73. The molecule has 0 aromatic heterocycles. The lowest BCUT2D eigenvalue weighted by atomic mass is 9.51. The summed E-state index contributed by atoms with van der Waals surface area (Å²) in [5.74, 6) is 1.97. The second kappa shape index (κ2) is 6.58. The topological polar surface area (TPSA) is 90.9 Å². The number of hydrogen-bond acceptors (Lipinski definition) is 5. The van der Waals surface area contributed by atoms with Crippen LogP contribution in [0.1, 0.15) is 36.8 Å². The lowest BCUT2D eigenvalue weighted by molar-refractivity contribution is -0.139. The number of hydrogen-bond donors (Lipinski definition) is 3. The molecule has 180 valence electrons. The van der Waals surface area contributed by atoms with Crippen LogP contribution in [0.4, 0.5) is 10.5 Å². The highest BCUT2D eigenvalue weighted by molar-refractivity contribution is 5.94. The number of benzene rings is 2. The van der Waals surface area contributed by atoms with Crippen molar-refractivity contribution in [1.29, 1.82) is 0 Å². The molecule has 2 amide bonds. The molecule has 7 nitrogen and oxygen atoms in total. The maximum Gasteiger partial charge on any atom is 0.319 e. The third kappa shape index (κ3) is 2.35. The van der Waals surface area contributed by atoms with E-state index in [-0.39, 0.29) is 29.5 Å². The van der Waals surface area contributed by atoms with Gasteiger partial charge in [-0.1, -0.05) is 24.3 Å². The largest absolute Gasteiger partial charge is 0.504 e. The molecule has 6 atom stereocenters. The molecule has 2 aromatic carbocycles. The smallest absolute Gasteiger partial charge is 0.319 e. The summed E-state index contributed by atoms with van der Waals surface area (Å²) in [6.07, 6.45) is 3.77. The first kappa shape index (κ1) is 20.2. The number of Topliss-reactive ketones (excluding diaryl/α,β-unsaturated/α-hetero) is 1. The summed E-state index contributed by atoms with van der Waals surface area (Å²) < 4.78 is 6.38. The number of piperidine rings is 1. The summed E-state index contributed by atoms with van der Waals surface area (Å²) >= 11 is 0. The second-order valence-corrected chi connectivity index (χ2v) is 11.5. The van der Waals surface area contributed by atoms with Crippen LogP contribution < -0.4 is 15.4 Å². The fraction of sp³-hybridized carbons (Fsp3) is 0.500. The summed E-state index contributed by atoms with van der Waals surface area (Å²) in [7, 11) is 0. The van der Waals surface area contributed by atoms with Crippen molar-refractivity contribution in [2.45, 2.75) is 55.2 Å². The number of ketones is 1. The van der Waals surface area contributed by atoms with Gasteiger partial charge in [0.05, 0.1) is 11.0 Å². The van der Waals surface area contributed by atoms with E-state index in [1.165, 1.54) is 18.4 Å². The molecule has 8 rings (SSSR count). The maximum atomic E-state index is 13.6. The molecule has 7 heteroatoms. The summed E-state index contributed by atoms with van der Waals surface area (Å²) in [4.78, 5) is 29.6. The van der Waals surface area contributed by atoms with E-state index < -0.39 is 17.1 Å². The number of urea groups is 1. The van der Waals surface area contributed by atoms with Gasteiger partial charge in [-0.2, -0.15) is 0 Å². The van der Waals surface area contributed by atoms with E-state index in [1.807, 2.05) is 36.4 Å². The van der Waals surface area contributed by atoms with Gasteiger partial charge in [-0.15, -0.1) is 0 Å². The average molecular weight is 472 g/mol. The van der Waals surface area contributed by atoms with Gasteiger partial charge in [0.25, 0.3) is 0 Å². The monoisotopic (exact) mass is 471 g/mol. The van der Waals surface area contributed by atoms with Crippen molar-refractivity contribution in [2.24, 2.45) is 17.8 Å². The number of fused-ring (bicyclic) bond motifs is 1. The van der Waals surface area contributed by atoms with Gasteiger partial charge >= 0.3 is 6.03 Å². The minimum Gasteiger partial charge on any atom is -0.504 e. The van der Waals surface area contributed by atoms with E-state index in [2.05, 4.69) is 15.5 Å². The van der Waals surface area contributed by atoms with E-state index in [0.717, 1.165) is 36.7 Å². The molecule has 4 fully saturated rings. The molecule has 2 heterocycles. The highest BCUT2D eigenvalue weighted by Gasteiger charge is 2.83. The first-order chi connectivity index (χ1) is 17.0. The number of anilines is 1. The molecule has 1 spiro atoms. The van der Waals surface area contributed by atoms with Crippen LogP contribution in [0.3, 0.4) is 0 Å². The predicted octanol–water partition coefficient (Wildman–Crippen LogP) is 3.21. The SMILES string of the molecule is O=C(Nc1ccccc1)N[C@@]12CCC(=O)[C@@H]3Oc4c(O)ccc5c4C31C1CN(CC3CC3)[C@@H]2C1C5. The molecule has 6 aliphatic rings. The minimum absolute atomic E-state index is 0.0920. The number of carbonyl (C=O) groups excluding carboxylic acids is 2. The van der Waals surface area contributed by atoms with Gasteiger partial charge < -0.3 is 20.5 Å². The summed E-state index contributed by atoms with van der Waals surface area (Å²) in [5.41, 5.74) is 1.64. The van der Waals surface area contributed by atoms with Crippen LogP contribution in [0, 0.1) is 17.8 Å². The van der Waals surface area contributed by atoms with Crippen LogP contribution in [0.25, 0.3) is 0 Å². The molecule has 2 aliphatic heterocycles. The number of nitrogens with zero attached hydrogens (tertiary/aromatic N) is 1. The van der Waals surface area contributed by atoms with Crippen LogP contribution in [0.15, 0.2) is 42.5 Å². The van der Waals surface area contributed by atoms with Crippen molar-refractivity contribution < 1.29 is 19.4 Å². The standard InChI is InChI=1S/C28H29N3O4/c32-20-9-8-16-12-18-19-14-31(13-15-6-7-15)24(18)27(30-26(34)29-17-4-2-1-3-5-17)11-10-21(33)25-28(19,27)22(16)23(20)35-25/h1-5,8-9,15,18-19,24-25,32H,6-7,10-14H2,(H2,29,30,34)/t18?,19?,24-,25+,27-,28?/m1/s1. The van der Waals surface area contributed by atoms with Gasteiger partial charge in [-0.05, 0) is 67.2 Å². The third-order valence-corrected chi connectivity index (χ3v) is 9.93. The quantitative estimate of drug-likeness (QED) is 0.637. The Hall–Kier alpha value is -3.06. The van der Waals surface area contributed by atoms with Crippen LogP contribution in [0.2, 0.25) is 0 Å². The van der Waals surface area contributed by atoms with Gasteiger partial charge in [0.15, 0.2) is 23.4 Å². The Morgan fingerprint density at radius 1 is 1.17 bits per heavy atom. The molecule has 3 unspecified atom stereocenters. The molecule has 0 radical (unpaired) electrons. The molecular formula is C28H29N3O4. The van der Waals surface area contributed by atoms with E-state index in [1.54, 1.807) is 6.07 Å². The van der Waals surface area contributed by atoms with Crippen LogP contribution in [0.5, 0.6) is 11.5 Å². The number of aromatic hydroxyl groups is 1. The van der Waals surface area contributed by atoms with Crippen molar-refractivity contribution in [3.8, 4) is 11.5 Å². The normalized spacial score (nSPS) is 37.7. The molecule has 4 aliphatic carbocycles. The highest BCUT2D eigenvalue weighted by atomic mass is 16.5. The van der Waals surface area contributed by atoms with E-state index >= 15 is 0 Å². The zero-order chi connectivity index (χ0) is 23.5. The second-order valence-electron chi connectivity index (χ2n) is 11.5. The number of para-hydroxylation sites is 1. The van der Waals surface area contributed by atoms with Crippen LogP contribution in [-0.2, 0) is 16.6 Å². The first-order valence-electron chi connectivity index (χ1n) is 13.0. The fourth-order valence-corrected chi connectivity index (χ4v) is 8.84. The molecule has 35 heavy (non-hydrogen) atoms. The van der Waals surface area contributed by atoms with Gasteiger partial charge in [0, 0.05) is 36.8 Å². The fourth-order valence-electron chi connectivity index (χ4n) is 8.84.